The van der Waals surface area contributed by atoms with E-state index in [1.807, 2.05) is 0 Å². The van der Waals surface area contributed by atoms with Crippen LogP contribution in [0.3, 0.4) is 0 Å². The molecule has 1 aromatic heterocycles. The molecule has 1 aromatic carbocycles. The molecule has 0 bridgehead atoms. The van der Waals surface area contributed by atoms with Gasteiger partial charge in [-0.2, -0.15) is 0 Å². The topological polar surface area (TPSA) is 22.1 Å². The van der Waals surface area contributed by atoms with Crippen molar-refractivity contribution in [3.05, 3.63) is 32.8 Å². The number of hydrogen-bond acceptors (Lipinski definition) is 2. The maximum absolute atomic E-state index is 6.16. The van der Waals surface area contributed by atoms with Crippen molar-refractivity contribution in [1.82, 2.24) is 4.98 Å². The molecule has 0 fully saturated rings. The lowest BCUT2D eigenvalue weighted by Crippen LogP contribution is -1.89. The summed E-state index contributed by atoms with van der Waals surface area (Å²) in [6, 6.07) is 3.50. The van der Waals surface area contributed by atoms with Crippen LogP contribution >= 0.6 is 39.1 Å². The van der Waals surface area contributed by atoms with Crippen LogP contribution in [0.5, 0.6) is 5.75 Å². The lowest BCUT2D eigenvalue weighted by Gasteiger charge is -2.08. The molecule has 0 atom stereocenters. The number of benzene rings is 1. The van der Waals surface area contributed by atoms with E-state index in [0.717, 1.165) is 9.86 Å². The molecule has 15 heavy (non-hydrogen) atoms. The molecule has 0 saturated carbocycles. The molecule has 78 valence electrons. The Labute approximate surface area is 105 Å². The fourth-order valence-electron chi connectivity index (χ4n) is 1.35. The van der Waals surface area contributed by atoms with Crippen molar-refractivity contribution in [2.75, 3.05) is 7.11 Å². The van der Waals surface area contributed by atoms with Crippen molar-refractivity contribution in [2.45, 2.75) is 0 Å². The Balaban J connectivity index is 2.95. The highest BCUT2D eigenvalue weighted by atomic mass is 79.9. The van der Waals surface area contributed by atoms with Crippen molar-refractivity contribution < 1.29 is 4.74 Å². The van der Waals surface area contributed by atoms with Crippen LogP contribution in [0.1, 0.15) is 0 Å². The van der Waals surface area contributed by atoms with Crippen LogP contribution < -0.4 is 4.74 Å². The minimum absolute atomic E-state index is 0.555. The summed E-state index contributed by atoms with van der Waals surface area (Å²) in [5.41, 5.74) is 0.643. The number of nitrogens with zero attached hydrogens (tertiary/aromatic N) is 1. The Morgan fingerprint density at radius 2 is 2.07 bits per heavy atom. The average Bonchev–Trinajstić information content (AvgIpc) is 2.24. The van der Waals surface area contributed by atoms with E-state index in [1.165, 1.54) is 0 Å². The zero-order valence-corrected chi connectivity index (χ0v) is 10.8. The van der Waals surface area contributed by atoms with Crippen molar-refractivity contribution in [2.24, 2.45) is 0 Å². The Morgan fingerprint density at radius 1 is 1.33 bits per heavy atom. The quantitative estimate of drug-likeness (QED) is 0.783. The summed E-state index contributed by atoms with van der Waals surface area (Å²) >= 11 is 15.5. The maximum atomic E-state index is 6.16. The third-order valence-electron chi connectivity index (χ3n) is 2.05. The number of rotatable bonds is 1. The predicted molar refractivity (Wildman–Crippen MR) is 66.0 cm³/mol. The van der Waals surface area contributed by atoms with Crippen LogP contribution in [0.4, 0.5) is 0 Å². The van der Waals surface area contributed by atoms with Gasteiger partial charge in [-0.15, -0.1) is 0 Å². The number of halogens is 3. The van der Waals surface area contributed by atoms with Crippen LogP contribution in [0.15, 0.2) is 22.8 Å². The zero-order valence-electron chi connectivity index (χ0n) is 7.72. The average molecular weight is 307 g/mol. The van der Waals surface area contributed by atoms with E-state index in [2.05, 4.69) is 20.9 Å². The van der Waals surface area contributed by atoms with Gasteiger partial charge in [0.05, 0.1) is 32.5 Å². The van der Waals surface area contributed by atoms with Gasteiger partial charge in [-0.3, -0.25) is 4.98 Å². The van der Waals surface area contributed by atoms with Crippen LogP contribution in [0.2, 0.25) is 10.0 Å². The molecular weight excluding hydrogens is 301 g/mol. The summed E-state index contributed by atoms with van der Waals surface area (Å²) in [5, 5.41) is 1.83. The second-order valence-electron chi connectivity index (χ2n) is 2.89. The molecule has 2 aromatic rings. The van der Waals surface area contributed by atoms with Gasteiger partial charge in [-0.05, 0) is 28.1 Å². The predicted octanol–water partition coefficient (Wildman–Crippen LogP) is 4.31. The van der Waals surface area contributed by atoms with Crippen LogP contribution in [0, 0.1) is 0 Å². The Hall–Kier alpha value is -0.510. The summed E-state index contributed by atoms with van der Waals surface area (Å²) in [4.78, 5) is 4.21. The van der Waals surface area contributed by atoms with Gasteiger partial charge in [-0.1, -0.05) is 23.2 Å². The summed E-state index contributed by atoms with van der Waals surface area (Å²) in [7, 11) is 1.58. The van der Waals surface area contributed by atoms with E-state index in [4.69, 9.17) is 27.9 Å². The van der Waals surface area contributed by atoms with Gasteiger partial charge in [-0.25, -0.2) is 0 Å². The van der Waals surface area contributed by atoms with Gasteiger partial charge >= 0.3 is 0 Å². The molecule has 1 heterocycles. The molecule has 0 saturated heterocycles. The minimum Gasteiger partial charge on any atom is -0.496 e. The Bertz CT molecular complexity index is 530. The fourth-order valence-corrected chi connectivity index (χ4v) is 2.09. The highest BCUT2D eigenvalue weighted by Crippen LogP contribution is 2.38. The number of fused-ring (bicyclic) bond motifs is 1. The van der Waals surface area contributed by atoms with Gasteiger partial charge < -0.3 is 4.74 Å². The van der Waals surface area contributed by atoms with Crippen molar-refractivity contribution in [1.29, 1.82) is 0 Å². The van der Waals surface area contributed by atoms with E-state index in [1.54, 1.807) is 25.4 Å². The van der Waals surface area contributed by atoms with Crippen molar-refractivity contribution >= 4 is 50.0 Å². The van der Waals surface area contributed by atoms with E-state index < -0.39 is 0 Å². The second-order valence-corrected chi connectivity index (χ2v) is 4.53. The van der Waals surface area contributed by atoms with E-state index >= 15 is 0 Å². The van der Waals surface area contributed by atoms with Crippen molar-refractivity contribution in [3.63, 3.8) is 0 Å². The lowest BCUT2D eigenvalue weighted by atomic mass is 10.2. The minimum atomic E-state index is 0.555. The number of aromatic nitrogens is 1. The second kappa shape index (κ2) is 4.16. The highest BCUT2D eigenvalue weighted by molar-refractivity contribution is 9.10. The highest BCUT2D eigenvalue weighted by Gasteiger charge is 2.12. The van der Waals surface area contributed by atoms with Gasteiger partial charge in [0.25, 0.3) is 0 Å². The first kappa shape index (κ1) is 11.0. The number of pyridine rings is 1. The Kier molecular flexibility index (Phi) is 3.05. The first-order valence-corrected chi connectivity index (χ1v) is 5.66. The largest absolute Gasteiger partial charge is 0.496 e. The molecule has 0 unspecified atom stereocenters. The molecule has 0 spiro atoms. The van der Waals surface area contributed by atoms with E-state index in [-0.39, 0.29) is 0 Å². The first-order chi connectivity index (χ1) is 7.15. The van der Waals surface area contributed by atoms with E-state index in [9.17, 15) is 0 Å². The van der Waals surface area contributed by atoms with Crippen LogP contribution in [0.25, 0.3) is 10.9 Å². The monoisotopic (exact) mass is 305 g/mol. The van der Waals surface area contributed by atoms with Crippen LogP contribution in [-0.4, -0.2) is 12.1 Å². The maximum Gasteiger partial charge on any atom is 0.129 e. The fraction of sp³-hybridized carbons (Fsp3) is 0.100. The molecule has 0 N–H and O–H groups in total. The van der Waals surface area contributed by atoms with Gasteiger partial charge in [0.1, 0.15) is 5.75 Å². The molecule has 0 aliphatic heterocycles. The molecule has 0 amide bonds. The first-order valence-electron chi connectivity index (χ1n) is 4.11. The summed E-state index contributed by atoms with van der Waals surface area (Å²) < 4.78 is 5.93. The van der Waals surface area contributed by atoms with Gasteiger partial charge in [0, 0.05) is 6.20 Å². The molecule has 2 rings (SSSR count). The Morgan fingerprint density at radius 3 is 2.73 bits per heavy atom. The normalized spacial score (nSPS) is 10.7. The van der Waals surface area contributed by atoms with Crippen molar-refractivity contribution in [3.8, 4) is 5.75 Å². The standard InChI is InChI=1S/C10H6BrCl2NO/c1-15-7-3-2-6(12)10-8(7)9(13)5(11)4-14-10/h2-4H,1H3. The zero-order chi connectivity index (χ0) is 11.0. The number of hydrogen-bond donors (Lipinski definition) is 0. The molecule has 5 heteroatoms. The van der Waals surface area contributed by atoms with Gasteiger partial charge in [0.2, 0.25) is 0 Å². The molecule has 2 nitrogen and oxygen atoms in total. The summed E-state index contributed by atoms with van der Waals surface area (Å²) in [5.74, 6) is 0.660. The smallest absolute Gasteiger partial charge is 0.129 e. The molecular formula is C10H6BrCl2NO. The number of methoxy groups -OCH3 is 1. The molecule has 0 radical (unpaired) electrons. The third kappa shape index (κ3) is 1.80. The summed E-state index contributed by atoms with van der Waals surface area (Å²) in [6.45, 7) is 0. The summed E-state index contributed by atoms with van der Waals surface area (Å²) in [6.07, 6.45) is 1.62. The molecule has 0 aliphatic rings. The number of ether oxygens (including phenoxy) is 1. The van der Waals surface area contributed by atoms with Gasteiger partial charge in [0.15, 0.2) is 0 Å². The lowest BCUT2D eigenvalue weighted by molar-refractivity contribution is 0.420. The van der Waals surface area contributed by atoms with E-state index in [0.29, 0.717) is 21.3 Å². The molecule has 0 aliphatic carbocycles. The third-order valence-corrected chi connectivity index (χ3v) is 3.57. The van der Waals surface area contributed by atoms with Crippen LogP contribution in [-0.2, 0) is 0 Å². The SMILES string of the molecule is COc1ccc(Cl)c2ncc(Br)c(Cl)c12.